The highest BCUT2D eigenvalue weighted by atomic mass is 79.9. The van der Waals surface area contributed by atoms with Crippen LogP contribution in [0, 0.1) is 0 Å². The van der Waals surface area contributed by atoms with E-state index in [9.17, 15) is 8.42 Å². The molecule has 2 aromatic carbocycles. The number of nitrogens with one attached hydrogen (secondary N) is 1. The maximum atomic E-state index is 11.9. The van der Waals surface area contributed by atoms with Crippen LogP contribution in [-0.4, -0.2) is 31.8 Å². The summed E-state index contributed by atoms with van der Waals surface area (Å²) in [5.74, 6) is 0. The molecule has 2 heterocycles. The van der Waals surface area contributed by atoms with Crippen molar-refractivity contribution in [3.8, 4) is 11.1 Å². The van der Waals surface area contributed by atoms with Crippen LogP contribution in [0.3, 0.4) is 0 Å². The van der Waals surface area contributed by atoms with Crippen LogP contribution in [0.4, 0.5) is 0 Å². The van der Waals surface area contributed by atoms with Gasteiger partial charge in [0.25, 0.3) is 0 Å². The number of hydrogen-bond acceptors (Lipinski definition) is 4. The van der Waals surface area contributed by atoms with Gasteiger partial charge in [0.15, 0.2) is 9.84 Å². The quantitative estimate of drug-likeness (QED) is 0.438. The van der Waals surface area contributed by atoms with E-state index in [4.69, 9.17) is 4.74 Å². The molecule has 0 aliphatic rings. The third kappa shape index (κ3) is 3.99. The van der Waals surface area contributed by atoms with Crippen molar-refractivity contribution in [2.75, 3.05) is 13.4 Å². The number of H-pyrrole nitrogens is 1. The zero-order chi connectivity index (χ0) is 20.6. The summed E-state index contributed by atoms with van der Waals surface area (Å²) >= 11 is 3.46. The van der Waals surface area contributed by atoms with Gasteiger partial charge in [-0.1, -0.05) is 40.2 Å². The molecule has 0 radical (unpaired) electrons. The Balaban J connectivity index is 1.82. The number of sulfone groups is 1. The molecule has 0 saturated heterocycles. The number of methoxy groups -OCH3 is 1. The maximum Gasteiger partial charge on any atom is 0.175 e. The van der Waals surface area contributed by atoms with Gasteiger partial charge in [0.2, 0.25) is 0 Å². The summed E-state index contributed by atoms with van der Waals surface area (Å²) in [6, 6.07) is 16.9. The largest absolute Gasteiger partial charge is 0.372 e. The fourth-order valence-corrected chi connectivity index (χ4v) is 4.32. The molecule has 0 saturated carbocycles. The first-order valence-corrected chi connectivity index (χ1v) is 11.6. The fraction of sp³-hybridized carbons (Fsp3) is 0.136. The molecule has 0 amide bonds. The SMILES string of the molecule is COC(c1ccc(Br)cc1)c1c[nH]c2ncc(-c3cccc(S(C)(=O)=O)c3)cc12. The van der Waals surface area contributed by atoms with Gasteiger partial charge in [-0.05, 0) is 41.5 Å². The number of halogens is 1. The molecule has 0 aliphatic carbocycles. The van der Waals surface area contributed by atoms with Crippen LogP contribution in [0.1, 0.15) is 17.2 Å². The van der Waals surface area contributed by atoms with Crippen LogP contribution in [-0.2, 0) is 14.6 Å². The Morgan fingerprint density at radius 1 is 1.07 bits per heavy atom. The predicted molar refractivity (Wildman–Crippen MR) is 118 cm³/mol. The number of aromatic nitrogens is 2. The first-order valence-electron chi connectivity index (χ1n) is 8.92. The average Bonchev–Trinajstić information content (AvgIpc) is 3.12. The van der Waals surface area contributed by atoms with Crippen molar-refractivity contribution in [3.05, 3.63) is 82.6 Å². The smallest absolute Gasteiger partial charge is 0.175 e. The van der Waals surface area contributed by atoms with E-state index in [0.29, 0.717) is 0 Å². The van der Waals surface area contributed by atoms with Crippen LogP contribution < -0.4 is 0 Å². The van der Waals surface area contributed by atoms with Crippen molar-refractivity contribution >= 4 is 36.8 Å². The third-order valence-electron chi connectivity index (χ3n) is 4.85. The van der Waals surface area contributed by atoms with E-state index >= 15 is 0 Å². The third-order valence-corrected chi connectivity index (χ3v) is 6.49. The van der Waals surface area contributed by atoms with Gasteiger partial charge in [0.1, 0.15) is 11.8 Å². The number of fused-ring (bicyclic) bond motifs is 1. The van der Waals surface area contributed by atoms with Crippen molar-refractivity contribution in [2.24, 2.45) is 0 Å². The monoisotopic (exact) mass is 470 g/mol. The Kier molecular flexibility index (Phi) is 5.29. The van der Waals surface area contributed by atoms with E-state index in [1.54, 1.807) is 31.5 Å². The molecule has 5 nitrogen and oxygen atoms in total. The van der Waals surface area contributed by atoms with Gasteiger partial charge in [0.05, 0.1) is 4.90 Å². The lowest BCUT2D eigenvalue weighted by molar-refractivity contribution is 0.137. The molecular formula is C22H19BrN2O3S. The minimum Gasteiger partial charge on any atom is -0.372 e. The van der Waals surface area contributed by atoms with Crippen LogP contribution >= 0.6 is 15.9 Å². The first-order chi connectivity index (χ1) is 13.9. The second kappa shape index (κ2) is 7.74. The summed E-state index contributed by atoms with van der Waals surface area (Å²) < 4.78 is 30.6. The summed E-state index contributed by atoms with van der Waals surface area (Å²) in [6.45, 7) is 0. The fourth-order valence-electron chi connectivity index (χ4n) is 3.38. The summed E-state index contributed by atoms with van der Waals surface area (Å²) in [6.07, 6.45) is 4.60. The highest BCUT2D eigenvalue weighted by Crippen LogP contribution is 2.33. The van der Waals surface area contributed by atoms with Gasteiger partial charge in [-0.15, -0.1) is 0 Å². The number of aromatic amines is 1. The molecule has 148 valence electrons. The van der Waals surface area contributed by atoms with Crippen LogP contribution in [0.5, 0.6) is 0 Å². The predicted octanol–water partition coefficient (Wildman–Crippen LogP) is 5.13. The van der Waals surface area contributed by atoms with Crippen molar-refractivity contribution in [2.45, 2.75) is 11.0 Å². The van der Waals surface area contributed by atoms with Crippen molar-refractivity contribution < 1.29 is 13.2 Å². The van der Waals surface area contributed by atoms with E-state index in [-0.39, 0.29) is 11.0 Å². The Bertz CT molecular complexity index is 1280. The van der Waals surface area contributed by atoms with Gasteiger partial charge in [-0.3, -0.25) is 0 Å². The molecule has 29 heavy (non-hydrogen) atoms. The van der Waals surface area contributed by atoms with Gasteiger partial charge in [-0.2, -0.15) is 0 Å². The molecule has 0 spiro atoms. The molecule has 0 aliphatic heterocycles. The standard InChI is InChI=1S/C22H19BrN2O3S/c1-28-21(14-6-8-17(23)9-7-14)20-13-25-22-19(20)11-16(12-24-22)15-4-3-5-18(10-15)29(2,26)27/h3-13,21H,1-2H3,(H,24,25). The number of ether oxygens (including phenoxy) is 1. The second-order valence-corrected chi connectivity index (χ2v) is 9.76. The van der Waals surface area contributed by atoms with Gasteiger partial charge < -0.3 is 9.72 Å². The molecule has 1 N–H and O–H groups in total. The Morgan fingerprint density at radius 2 is 1.83 bits per heavy atom. The van der Waals surface area contributed by atoms with Gasteiger partial charge in [-0.25, -0.2) is 13.4 Å². The topological polar surface area (TPSA) is 72.0 Å². The van der Waals surface area contributed by atoms with Crippen molar-refractivity contribution in [1.82, 2.24) is 9.97 Å². The molecule has 7 heteroatoms. The molecule has 2 aromatic heterocycles. The van der Waals surface area contributed by atoms with Crippen molar-refractivity contribution in [3.63, 3.8) is 0 Å². The summed E-state index contributed by atoms with van der Waals surface area (Å²) in [7, 11) is -1.60. The van der Waals surface area contributed by atoms with E-state index in [1.807, 2.05) is 42.6 Å². The number of pyridine rings is 1. The van der Waals surface area contributed by atoms with Crippen LogP contribution in [0.15, 0.2) is 76.4 Å². The Hall–Kier alpha value is -2.48. The number of nitrogens with zero attached hydrogens (tertiary/aromatic N) is 1. The lowest BCUT2D eigenvalue weighted by atomic mass is 9.99. The number of benzene rings is 2. The van der Waals surface area contributed by atoms with E-state index in [2.05, 4.69) is 25.9 Å². The van der Waals surface area contributed by atoms with E-state index in [0.717, 1.165) is 37.8 Å². The lowest BCUT2D eigenvalue weighted by Crippen LogP contribution is -2.02. The zero-order valence-corrected chi connectivity index (χ0v) is 18.3. The number of hydrogen-bond donors (Lipinski definition) is 1. The average molecular weight is 471 g/mol. The minimum absolute atomic E-state index is 0.253. The molecule has 0 bridgehead atoms. The second-order valence-electron chi connectivity index (χ2n) is 6.83. The zero-order valence-electron chi connectivity index (χ0n) is 15.9. The maximum absolute atomic E-state index is 11.9. The summed E-state index contributed by atoms with van der Waals surface area (Å²) in [4.78, 5) is 8.01. The van der Waals surface area contributed by atoms with Crippen LogP contribution in [0.2, 0.25) is 0 Å². The van der Waals surface area contributed by atoms with Crippen LogP contribution in [0.25, 0.3) is 22.2 Å². The van der Waals surface area contributed by atoms with Crippen molar-refractivity contribution in [1.29, 1.82) is 0 Å². The van der Waals surface area contributed by atoms with E-state index < -0.39 is 9.84 Å². The highest BCUT2D eigenvalue weighted by molar-refractivity contribution is 9.10. The molecule has 1 atom stereocenters. The molecule has 1 unspecified atom stereocenters. The number of rotatable bonds is 5. The summed E-state index contributed by atoms with van der Waals surface area (Å²) in [5.41, 5.74) is 4.39. The molecular weight excluding hydrogens is 452 g/mol. The molecule has 4 aromatic rings. The summed E-state index contributed by atoms with van der Waals surface area (Å²) in [5, 5.41) is 0.932. The van der Waals surface area contributed by atoms with Gasteiger partial charge >= 0.3 is 0 Å². The minimum atomic E-state index is -3.28. The first kappa shape index (κ1) is 19.8. The molecule has 4 rings (SSSR count). The highest BCUT2D eigenvalue weighted by Gasteiger charge is 2.19. The van der Waals surface area contributed by atoms with E-state index in [1.165, 1.54) is 6.26 Å². The normalized spacial score (nSPS) is 12.9. The molecule has 0 fully saturated rings. The van der Waals surface area contributed by atoms with Gasteiger partial charge in [0, 0.05) is 46.7 Å². The lowest BCUT2D eigenvalue weighted by Gasteiger charge is -2.15. The Labute approximate surface area is 177 Å². The Morgan fingerprint density at radius 3 is 2.52 bits per heavy atom.